The van der Waals surface area contributed by atoms with Crippen molar-refractivity contribution >= 4 is 23.4 Å². The molecule has 5 nitrogen and oxygen atoms in total. The Morgan fingerprint density at radius 1 is 1.05 bits per heavy atom. The molecule has 0 amide bonds. The smallest absolute Gasteiger partial charge is 0.387 e. The second-order valence-electron chi connectivity index (χ2n) is 4.14. The molecule has 21 heavy (non-hydrogen) atoms. The highest BCUT2D eigenvalue weighted by atomic mass is 35.5. The van der Waals surface area contributed by atoms with Gasteiger partial charge in [-0.15, -0.1) is 0 Å². The van der Waals surface area contributed by atoms with Crippen LogP contribution in [-0.4, -0.2) is 18.9 Å². The quantitative estimate of drug-likeness (QED) is 0.381. The molecule has 6 heteroatoms. The first-order valence-electron chi connectivity index (χ1n) is 6.10. The Kier molecular flexibility index (Phi) is 4.79. The van der Waals surface area contributed by atoms with E-state index in [4.69, 9.17) is 26.9 Å². The third kappa shape index (κ3) is 3.97. The topological polar surface area (TPSA) is 75.5 Å². The number of nitrogens with two attached hydrogens (primary N) is 1. The molecule has 0 aliphatic heterocycles. The maximum atomic E-state index is 11.8. The number of nitrogens with one attached hydrogen (secondary N) is 1. The van der Waals surface area contributed by atoms with E-state index in [1.54, 1.807) is 55.6 Å². The minimum Gasteiger partial charge on any atom is -0.497 e. The Balaban J connectivity index is 2.05. The number of halogens is 1. The van der Waals surface area contributed by atoms with Crippen LogP contribution in [0.25, 0.3) is 0 Å². The van der Waals surface area contributed by atoms with E-state index in [-0.39, 0.29) is 5.84 Å². The van der Waals surface area contributed by atoms with E-state index in [1.165, 1.54) is 0 Å². The lowest BCUT2D eigenvalue weighted by Crippen LogP contribution is -2.75. The summed E-state index contributed by atoms with van der Waals surface area (Å²) < 4.78 is 5.05. The maximum Gasteiger partial charge on any atom is 0.387 e. The summed E-state index contributed by atoms with van der Waals surface area (Å²) in [4.78, 5) is 16.7. The number of rotatable bonds is 4. The van der Waals surface area contributed by atoms with E-state index in [0.29, 0.717) is 21.9 Å². The van der Waals surface area contributed by atoms with Gasteiger partial charge in [-0.2, -0.15) is 0 Å². The first-order chi connectivity index (χ1) is 10.1. The van der Waals surface area contributed by atoms with Gasteiger partial charge in [-0.3, -0.25) is 10.6 Å². The Morgan fingerprint density at radius 3 is 2.19 bits per heavy atom. The molecule has 3 N–H and O–H groups in total. The van der Waals surface area contributed by atoms with Crippen LogP contribution in [0, 0.1) is 0 Å². The van der Waals surface area contributed by atoms with Gasteiger partial charge in [0, 0.05) is 5.02 Å². The molecule has 0 heterocycles. The highest BCUT2D eigenvalue weighted by Gasteiger charge is 2.10. The Hall–Kier alpha value is -2.53. The second-order valence-corrected chi connectivity index (χ2v) is 4.58. The number of carbonyl (C=O) groups excluding carboxylic acids is 1. The van der Waals surface area contributed by atoms with Crippen LogP contribution in [0.5, 0.6) is 5.75 Å². The van der Waals surface area contributed by atoms with Crippen molar-refractivity contribution in [3.8, 4) is 5.75 Å². The number of benzene rings is 2. The average Bonchev–Trinajstić information content (AvgIpc) is 2.53. The monoisotopic (exact) mass is 305 g/mol. The summed E-state index contributed by atoms with van der Waals surface area (Å²) in [5.74, 6) is 0.382. The van der Waals surface area contributed by atoms with Crippen molar-refractivity contribution in [3.63, 3.8) is 0 Å². The lowest BCUT2D eigenvalue weighted by atomic mass is 10.2. The predicted molar refractivity (Wildman–Crippen MR) is 79.1 cm³/mol. The van der Waals surface area contributed by atoms with Crippen LogP contribution < -0.4 is 15.6 Å². The van der Waals surface area contributed by atoms with Crippen LogP contribution in [-0.2, 0) is 4.84 Å². The fourth-order valence-electron chi connectivity index (χ4n) is 1.58. The molecule has 0 spiro atoms. The SMILES string of the molecule is COc1ccc(C(N)=[NH+]OC(=O)c2ccc(Cl)cc2)cc1. The number of nitrogen functional groups attached to an aromatic ring is 1. The number of hydrogen-bond acceptors (Lipinski definition) is 3. The number of ether oxygens (including phenoxy) is 1. The lowest BCUT2D eigenvalue weighted by Gasteiger charge is -2.00. The first-order valence-corrected chi connectivity index (χ1v) is 6.47. The van der Waals surface area contributed by atoms with Crippen LogP contribution in [0.15, 0.2) is 48.5 Å². The summed E-state index contributed by atoms with van der Waals surface area (Å²) in [5, 5.41) is 2.97. The molecular formula is C15H14ClN2O3+. The summed E-state index contributed by atoms with van der Waals surface area (Å²) in [5.41, 5.74) is 6.85. The predicted octanol–water partition coefficient (Wildman–Crippen LogP) is 0.907. The molecule has 2 aromatic rings. The molecule has 0 aromatic heterocycles. The zero-order valence-corrected chi connectivity index (χ0v) is 12.1. The largest absolute Gasteiger partial charge is 0.497 e. The highest BCUT2D eigenvalue weighted by molar-refractivity contribution is 6.30. The zero-order valence-electron chi connectivity index (χ0n) is 11.3. The number of amidine groups is 1. The van der Waals surface area contributed by atoms with Crippen LogP contribution >= 0.6 is 11.6 Å². The van der Waals surface area contributed by atoms with Crippen molar-refractivity contribution in [2.45, 2.75) is 0 Å². The molecule has 0 radical (unpaired) electrons. The summed E-state index contributed by atoms with van der Waals surface area (Å²) in [6.45, 7) is 0. The molecule has 108 valence electrons. The zero-order chi connectivity index (χ0) is 15.2. The summed E-state index contributed by atoms with van der Waals surface area (Å²) in [6, 6.07) is 13.3. The fraction of sp³-hybridized carbons (Fsp3) is 0.0667. The molecule has 0 fully saturated rings. The number of carbonyl (C=O) groups is 1. The van der Waals surface area contributed by atoms with Gasteiger partial charge in [0.05, 0.1) is 18.2 Å². The molecule has 2 aromatic carbocycles. The second kappa shape index (κ2) is 6.76. The van der Waals surface area contributed by atoms with E-state index < -0.39 is 5.97 Å². The van der Waals surface area contributed by atoms with Gasteiger partial charge in [-0.05, 0) is 48.5 Å². The molecule has 0 bridgehead atoms. The van der Waals surface area contributed by atoms with Gasteiger partial charge >= 0.3 is 11.8 Å². The number of hydrogen-bond donors (Lipinski definition) is 2. The van der Waals surface area contributed by atoms with E-state index in [2.05, 4.69) is 5.16 Å². The molecule has 0 aliphatic carbocycles. The molecule has 2 rings (SSSR count). The Morgan fingerprint density at radius 2 is 1.62 bits per heavy atom. The summed E-state index contributed by atoms with van der Waals surface area (Å²) in [7, 11) is 1.58. The fourth-order valence-corrected chi connectivity index (χ4v) is 1.70. The normalized spacial score (nSPS) is 11.0. The van der Waals surface area contributed by atoms with E-state index in [1.807, 2.05) is 0 Å². The number of methoxy groups -OCH3 is 1. The summed E-state index contributed by atoms with van der Waals surface area (Å²) >= 11 is 5.75. The Bertz CT molecular complexity index is 652. The van der Waals surface area contributed by atoms with Gasteiger partial charge in [-0.1, -0.05) is 16.8 Å². The lowest BCUT2D eigenvalue weighted by molar-refractivity contribution is -0.721. The van der Waals surface area contributed by atoms with E-state index in [0.717, 1.165) is 0 Å². The minimum atomic E-state index is -0.553. The van der Waals surface area contributed by atoms with Crippen LogP contribution in [0.1, 0.15) is 15.9 Å². The van der Waals surface area contributed by atoms with Crippen molar-refractivity contribution in [3.05, 3.63) is 64.7 Å². The van der Waals surface area contributed by atoms with Crippen LogP contribution in [0.4, 0.5) is 0 Å². The van der Waals surface area contributed by atoms with Crippen LogP contribution in [0.2, 0.25) is 5.02 Å². The van der Waals surface area contributed by atoms with Gasteiger partial charge in [0.15, 0.2) is 0 Å². The van der Waals surface area contributed by atoms with E-state index in [9.17, 15) is 4.79 Å². The minimum absolute atomic E-state index is 0.222. The van der Waals surface area contributed by atoms with Crippen molar-refractivity contribution in [2.75, 3.05) is 7.11 Å². The van der Waals surface area contributed by atoms with Gasteiger partial charge in [0.1, 0.15) is 5.75 Å². The van der Waals surface area contributed by atoms with E-state index >= 15 is 0 Å². The van der Waals surface area contributed by atoms with Crippen molar-refractivity contribution in [1.82, 2.24) is 0 Å². The third-order valence-corrected chi connectivity index (χ3v) is 2.99. The average molecular weight is 306 g/mol. The van der Waals surface area contributed by atoms with Gasteiger partial charge < -0.3 is 4.74 Å². The molecule has 0 aliphatic rings. The molecule has 0 atom stereocenters. The van der Waals surface area contributed by atoms with Crippen molar-refractivity contribution in [2.24, 2.45) is 5.73 Å². The van der Waals surface area contributed by atoms with Gasteiger partial charge in [0.2, 0.25) is 0 Å². The maximum absolute atomic E-state index is 11.8. The third-order valence-electron chi connectivity index (χ3n) is 2.73. The standard InChI is InChI=1S/C15H13ClN2O3/c1-20-13-8-4-10(5-9-13)14(17)18-21-15(19)11-2-6-12(16)7-3-11/h2-9H,1H3,(H2,17,18)/p+1. The Labute approximate surface area is 126 Å². The molecule has 0 unspecified atom stereocenters. The first kappa shape index (κ1) is 14.9. The van der Waals surface area contributed by atoms with Gasteiger partial charge in [0.25, 0.3) is 0 Å². The van der Waals surface area contributed by atoms with Crippen molar-refractivity contribution in [1.29, 1.82) is 0 Å². The molecule has 0 saturated heterocycles. The van der Waals surface area contributed by atoms with Crippen LogP contribution in [0.3, 0.4) is 0 Å². The van der Waals surface area contributed by atoms with Gasteiger partial charge in [-0.25, -0.2) is 4.79 Å². The molecule has 0 saturated carbocycles. The van der Waals surface area contributed by atoms with Crippen molar-refractivity contribution < 1.29 is 19.5 Å². The molecular weight excluding hydrogens is 292 g/mol. The highest BCUT2D eigenvalue weighted by Crippen LogP contribution is 2.10. The summed E-state index contributed by atoms with van der Waals surface area (Å²) in [6.07, 6.45) is 0.